The van der Waals surface area contributed by atoms with Crippen molar-refractivity contribution < 1.29 is 4.79 Å². The quantitative estimate of drug-likeness (QED) is 0.666. The number of rotatable bonds is 4. The van der Waals surface area contributed by atoms with E-state index in [2.05, 4.69) is 11.1 Å². The van der Waals surface area contributed by atoms with Crippen molar-refractivity contribution in [2.24, 2.45) is 0 Å². The molecule has 0 radical (unpaired) electrons. The summed E-state index contributed by atoms with van der Waals surface area (Å²) in [7, 11) is 0. The summed E-state index contributed by atoms with van der Waals surface area (Å²) in [6, 6.07) is 13.8. The second kappa shape index (κ2) is 5.33. The van der Waals surface area contributed by atoms with Crippen LogP contribution in [-0.4, -0.2) is 10.8 Å². The summed E-state index contributed by atoms with van der Waals surface area (Å²) < 4.78 is 1.09. The Morgan fingerprint density at radius 1 is 1.11 bits per heavy atom. The molecule has 0 N–H and O–H groups in total. The van der Waals surface area contributed by atoms with Crippen molar-refractivity contribution in [3.05, 3.63) is 65.3 Å². The van der Waals surface area contributed by atoms with Crippen molar-refractivity contribution in [1.82, 2.24) is 4.98 Å². The Bertz CT molecular complexity index is 703. The number of hydrogen-bond donors (Lipinski definition) is 0. The average Bonchev–Trinajstić information content (AvgIpc) is 2.94. The van der Waals surface area contributed by atoms with Gasteiger partial charge in [-0.25, -0.2) is 0 Å². The van der Waals surface area contributed by atoms with Crippen molar-refractivity contribution >= 4 is 27.2 Å². The third kappa shape index (κ3) is 2.56. The molecule has 0 unspecified atom stereocenters. The molecule has 0 spiro atoms. The largest absolute Gasteiger partial charge is 0.294 e. The zero-order chi connectivity index (χ0) is 13.1. The Morgan fingerprint density at radius 3 is 2.89 bits per heavy atom. The van der Waals surface area contributed by atoms with Crippen LogP contribution in [0.1, 0.15) is 22.5 Å². The molecule has 3 rings (SSSR count). The number of benzene rings is 1. The molecule has 2 nitrogen and oxygen atoms in total. The number of Topliss-reactive ketones (excluding diaryl/α,β-unsaturated/α-hetero) is 1. The van der Waals surface area contributed by atoms with Gasteiger partial charge in [-0.05, 0) is 41.5 Å². The number of aromatic nitrogens is 1. The normalized spacial score (nSPS) is 10.7. The van der Waals surface area contributed by atoms with Crippen LogP contribution in [-0.2, 0) is 6.42 Å². The maximum atomic E-state index is 12.3. The van der Waals surface area contributed by atoms with E-state index in [1.165, 1.54) is 0 Å². The van der Waals surface area contributed by atoms with Crippen LogP contribution < -0.4 is 0 Å². The first-order valence-electron chi connectivity index (χ1n) is 6.24. The topological polar surface area (TPSA) is 30.0 Å². The molecule has 94 valence electrons. The van der Waals surface area contributed by atoms with E-state index in [0.717, 1.165) is 21.3 Å². The van der Waals surface area contributed by atoms with Gasteiger partial charge in [-0.3, -0.25) is 9.78 Å². The zero-order valence-electron chi connectivity index (χ0n) is 10.4. The Morgan fingerprint density at radius 2 is 2.05 bits per heavy atom. The molecule has 1 aromatic carbocycles. The molecule has 0 aliphatic carbocycles. The maximum Gasteiger partial charge on any atom is 0.164 e. The average molecular weight is 267 g/mol. The van der Waals surface area contributed by atoms with Crippen molar-refractivity contribution in [2.45, 2.75) is 12.8 Å². The molecule has 2 heterocycles. The molecule has 2 aromatic heterocycles. The molecular formula is C16H13NOS. The minimum atomic E-state index is 0.193. The van der Waals surface area contributed by atoms with Crippen LogP contribution in [0.15, 0.2) is 54.0 Å². The van der Waals surface area contributed by atoms with Crippen LogP contribution in [0.25, 0.3) is 10.1 Å². The lowest BCUT2D eigenvalue weighted by atomic mass is 10.0. The first-order chi connectivity index (χ1) is 9.34. The molecule has 3 aromatic rings. The third-order valence-electron chi connectivity index (χ3n) is 3.11. The number of nitrogens with zero attached hydrogens (tertiary/aromatic N) is 1. The van der Waals surface area contributed by atoms with Crippen LogP contribution in [0, 0.1) is 0 Å². The maximum absolute atomic E-state index is 12.3. The van der Waals surface area contributed by atoms with E-state index < -0.39 is 0 Å². The molecule has 0 saturated carbocycles. The Labute approximate surface area is 115 Å². The highest BCUT2D eigenvalue weighted by molar-refractivity contribution is 7.17. The molecule has 0 aliphatic heterocycles. The summed E-state index contributed by atoms with van der Waals surface area (Å²) in [6.45, 7) is 0. The molecular weight excluding hydrogens is 254 g/mol. The second-order valence-electron chi connectivity index (χ2n) is 4.39. The van der Waals surface area contributed by atoms with Crippen molar-refractivity contribution in [3.8, 4) is 0 Å². The highest BCUT2D eigenvalue weighted by Crippen LogP contribution is 2.25. The standard InChI is InChI=1S/C16H13NOS/c18-15(8-7-13-5-1-2-10-17-13)14-6-3-4-12-9-11-19-16(12)14/h1-6,9-11H,7-8H2. The molecule has 0 fully saturated rings. The fraction of sp³-hybridized carbons (Fsp3) is 0.125. The summed E-state index contributed by atoms with van der Waals surface area (Å²) in [5, 5.41) is 3.17. The fourth-order valence-corrected chi connectivity index (χ4v) is 3.07. The van der Waals surface area contributed by atoms with Gasteiger partial charge >= 0.3 is 0 Å². The van der Waals surface area contributed by atoms with E-state index in [0.29, 0.717) is 12.8 Å². The number of carbonyl (C=O) groups excluding carboxylic acids is 1. The molecule has 0 atom stereocenters. The number of thiophene rings is 1. The van der Waals surface area contributed by atoms with Gasteiger partial charge in [0.15, 0.2) is 5.78 Å². The first-order valence-corrected chi connectivity index (χ1v) is 7.12. The molecule has 0 amide bonds. The predicted molar refractivity (Wildman–Crippen MR) is 78.7 cm³/mol. The van der Waals surface area contributed by atoms with E-state index in [1.807, 2.05) is 41.8 Å². The van der Waals surface area contributed by atoms with Crippen molar-refractivity contribution in [2.75, 3.05) is 0 Å². The SMILES string of the molecule is O=C(CCc1ccccn1)c1cccc2ccsc12. The summed E-state index contributed by atoms with van der Waals surface area (Å²) in [6.07, 6.45) is 2.97. The lowest BCUT2D eigenvalue weighted by molar-refractivity contribution is 0.0984. The number of hydrogen-bond acceptors (Lipinski definition) is 3. The number of aryl methyl sites for hydroxylation is 1. The Kier molecular flexibility index (Phi) is 3.38. The minimum Gasteiger partial charge on any atom is -0.294 e. The van der Waals surface area contributed by atoms with E-state index >= 15 is 0 Å². The summed E-state index contributed by atoms with van der Waals surface area (Å²) >= 11 is 1.63. The van der Waals surface area contributed by atoms with Crippen LogP contribution in [0.3, 0.4) is 0 Å². The monoisotopic (exact) mass is 267 g/mol. The van der Waals surface area contributed by atoms with Crippen molar-refractivity contribution in [3.63, 3.8) is 0 Å². The van der Waals surface area contributed by atoms with Crippen molar-refractivity contribution in [1.29, 1.82) is 0 Å². The van der Waals surface area contributed by atoms with Gasteiger partial charge < -0.3 is 0 Å². The lowest BCUT2D eigenvalue weighted by Gasteiger charge is -2.02. The molecule has 0 aliphatic rings. The highest BCUT2D eigenvalue weighted by atomic mass is 32.1. The minimum absolute atomic E-state index is 0.193. The van der Waals surface area contributed by atoms with Crippen LogP contribution in [0.2, 0.25) is 0 Å². The van der Waals surface area contributed by atoms with Gasteiger partial charge in [-0.1, -0.05) is 18.2 Å². The summed E-state index contributed by atoms with van der Waals surface area (Å²) in [5.74, 6) is 0.193. The summed E-state index contributed by atoms with van der Waals surface area (Å²) in [5.41, 5.74) is 1.80. The lowest BCUT2D eigenvalue weighted by Crippen LogP contribution is -2.02. The van der Waals surface area contributed by atoms with E-state index in [4.69, 9.17) is 0 Å². The van der Waals surface area contributed by atoms with Gasteiger partial charge in [0.2, 0.25) is 0 Å². The smallest absolute Gasteiger partial charge is 0.164 e. The Hall–Kier alpha value is -2.00. The molecule has 0 saturated heterocycles. The molecule has 3 heteroatoms. The van der Waals surface area contributed by atoms with Crippen LogP contribution in [0.5, 0.6) is 0 Å². The predicted octanol–water partition coefficient (Wildman–Crippen LogP) is 4.11. The number of pyridine rings is 1. The second-order valence-corrected chi connectivity index (χ2v) is 5.30. The van der Waals surface area contributed by atoms with E-state index in [1.54, 1.807) is 17.5 Å². The van der Waals surface area contributed by atoms with Gasteiger partial charge in [0.25, 0.3) is 0 Å². The first kappa shape index (κ1) is 12.1. The van der Waals surface area contributed by atoms with Crippen LogP contribution in [0.4, 0.5) is 0 Å². The van der Waals surface area contributed by atoms with E-state index in [-0.39, 0.29) is 5.78 Å². The van der Waals surface area contributed by atoms with Crippen LogP contribution >= 0.6 is 11.3 Å². The fourth-order valence-electron chi connectivity index (χ4n) is 2.13. The van der Waals surface area contributed by atoms with Gasteiger partial charge in [-0.2, -0.15) is 0 Å². The highest BCUT2D eigenvalue weighted by Gasteiger charge is 2.11. The summed E-state index contributed by atoms with van der Waals surface area (Å²) in [4.78, 5) is 16.6. The van der Waals surface area contributed by atoms with Gasteiger partial charge in [0.05, 0.1) is 0 Å². The van der Waals surface area contributed by atoms with Gasteiger partial charge in [0, 0.05) is 28.6 Å². The third-order valence-corrected chi connectivity index (χ3v) is 4.08. The molecule has 0 bridgehead atoms. The van der Waals surface area contributed by atoms with E-state index in [9.17, 15) is 4.79 Å². The van der Waals surface area contributed by atoms with Gasteiger partial charge in [-0.15, -0.1) is 11.3 Å². The number of ketones is 1. The number of carbonyl (C=O) groups is 1. The zero-order valence-corrected chi connectivity index (χ0v) is 11.2. The number of fused-ring (bicyclic) bond motifs is 1. The molecule has 19 heavy (non-hydrogen) atoms. The Balaban J connectivity index is 1.79. The van der Waals surface area contributed by atoms with Gasteiger partial charge in [0.1, 0.15) is 0 Å².